The van der Waals surface area contributed by atoms with Gasteiger partial charge in [0.05, 0.1) is 21.8 Å². The molecular weight excluding hydrogens is 376 g/mol. The average Bonchev–Trinajstić information content (AvgIpc) is 2.69. The maximum Gasteiger partial charge on any atom is 0.255 e. The molecule has 0 radical (unpaired) electrons. The Hall–Kier alpha value is -2.71. The second-order valence-corrected chi connectivity index (χ2v) is 6.66. The van der Waals surface area contributed by atoms with E-state index in [1.54, 1.807) is 17.3 Å². The van der Waals surface area contributed by atoms with Crippen molar-refractivity contribution in [1.29, 1.82) is 0 Å². The Morgan fingerprint density at radius 2 is 2.00 bits per heavy atom. The topological polar surface area (TPSA) is 74.8 Å². The number of nitrogens with zero attached hydrogens (tertiary/aromatic N) is 4. The Bertz CT molecular complexity index is 1060. The first-order valence-corrected chi connectivity index (χ1v) is 8.63. The van der Waals surface area contributed by atoms with Crippen molar-refractivity contribution in [3.8, 4) is 11.4 Å². The van der Waals surface area contributed by atoms with Crippen molar-refractivity contribution < 1.29 is 8.78 Å². The highest BCUT2D eigenvalue weighted by Gasteiger charge is 2.24. The Kier molecular flexibility index (Phi) is 4.67. The molecule has 27 heavy (non-hydrogen) atoms. The fourth-order valence-electron chi connectivity index (χ4n) is 3.11. The lowest BCUT2D eigenvalue weighted by Gasteiger charge is -2.28. The maximum atomic E-state index is 14.1. The standard InChI is InChI=1S/C18H14ClF2N5O/c19-13-1-2-14(20)11(16(13)21)7-26-4-3-15-12(8-26)18(27)25-17(24-15)10-5-22-9-23-6-10/h1-2,5-6,9H,3-4,7-8H2,(H,24,25,27). The molecule has 1 aromatic carbocycles. The van der Waals surface area contributed by atoms with E-state index in [-0.39, 0.29) is 29.2 Å². The predicted octanol–water partition coefficient (Wildman–Crippen LogP) is 2.72. The number of hydrogen-bond acceptors (Lipinski definition) is 5. The largest absolute Gasteiger partial charge is 0.306 e. The lowest BCUT2D eigenvalue weighted by molar-refractivity contribution is 0.235. The zero-order chi connectivity index (χ0) is 19.0. The third kappa shape index (κ3) is 3.45. The van der Waals surface area contributed by atoms with Gasteiger partial charge in [-0.2, -0.15) is 0 Å². The van der Waals surface area contributed by atoms with E-state index in [0.717, 1.165) is 6.07 Å². The zero-order valence-corrected chi connectivity index (χ0v) is 14.8. The number of fused-ring (bicyclic) bond motifs is 1. The highest BCUT2D eigenvalue weighted by molar-refractivity contribution is 6.30. The van der Waals surface area contributed by atoms with Crippen LogP contribution in [0.15, 0.2) is 35.6 Å². The number of rotatable bonds is 3. The van der Waals surface area contributed by atoms with E-state index >= 15 is 0 Å². The Morgan fingerprint density at radius 1 is 1.22 bits per heavy atom. The molecule has 0 amide bonds. The SMILES string of the molecule is O=c1[nH]c(-c2cncnc2)nc2c1CN(Cc1c(F)ccc(Cl)c1F)CC2. The predicted molar refractivity (Wildman–Crippen MR) is 95.1 cm³/mol. The Labute approximate surface area is 157 Å². The summed E-state index contributed by atoms with van der Waals surface area (Å²) < 4.78 is 28.1. The molecule has 0 unspecified atom stereocenters. The van der Waals surface area contributed by atoms with Crippen LogP contribution in [0.5, 0.6) is 0 Å². The summed E-state index contributed by atoms with van der Waals surface area (Å²) in [6.07, 6.45) is 5.02. The van der Waals surface area contributed by atoms with Crippen molar-refractivity contribution in [3.05, 3.63) is 74.7 Å². The summed E-state index contributed by atoms with van der Waals surface area (Å²) >= 11 is 5.75. The fraction of sp³-hybridized carbons (Fsp3) is 0.222. The zero-order valence-electron chi connectivity index (χ0n) is 14.0. The van der Waals surface area contributed by atoms with Gasteiger partial charge in [0.2, 0.25) is 0 Å². The van der Waals surface area contributed by atoms with E-state index in [4.69, 9.17) is 11.6 Å². The summed E-state index contributed by atoms with van der Waals surface area (Å²) in [5.41, 5.74) is 1.39. The molecule has 0 fully saturated rings. The molecule has 9 heteroatoms. The summed E-state index contributed by atoms with van der Waals surface area (Å²) in [6.45, 7) is 0.777. The first-order chi connectivity index (χ1) is 13.0. The van der Waals surface area contributed by atoms with Crippen LogP contribution in [-0.4, -0.2) is 31.4 Å². The molecule has 0 bridgehead atoms. The molecule has 138 valence electrons. The van der Waals surface area contributed by atoms with Crippen LogP contribution < -0.4 is 5.56 Å². The monoisotopic (exact) mass is 389 g/mol. The highest BCUT2D eigenvalue weighted by Crippen LogP contribution is 2.25. The minimum atomic E-state index is -0.770. The molecule has 0 spiro atoms. The number of nitrogens with one attached hydrogen (secondary N) is 1. The van der Waals surface area contributed by atoms with Gasteiger partial charge in [0.25, 0.3) is 5.56 Å². The van der Waals surface area contributed by atoms with Crippen LogP contribution in [0.25, 0.3) is 11.4 Å². The smallest absolute Gasteiger partial charge is 0.255 e. The van der Waals surface area contributed by atoms with Crippen LogP contribution in [0.3, 0.4) is 0 Å². The van der Waals surface area contributed by atoms with Crippen molar-refractivity contribution in [2.45, 2.75) is 19.5 Å². The molecule has 0 atom stereocenters. The second kappa shape index (κ2) is 7.13. The van der Waals surface area contributed by atoms with Crippen molar-refractivity contribution in [2.24, 2.45) is 0 Å². The second-order valence-electron chi connectivity index (χ2n) is 6.25. The third-order valence-electron chi connectivity index (χ3n) is 4.50. The Balaban J connectivity index is 1.61. The van der Waals surface area contributed by atoms with E-state index in [9.17, 15) is 13.6 Å². The molecule has 0 saturated heterocycles. The summed E-state index contributed by atoms with van der Waals surface area (Å²) in [5.74, 6) is -1.03. The van der Waals surface area contributed by atoms with Gasteiger partial charge in [-0.3, -0.25) is 9.69 Å². The molecule has 1 aliphatic heterocycles. The fourth-order valence-corrected chi connectivity index (χ4v) is 3.29. The minimum absolute atomic E-state index is 0.0192. The minimum Gasteiger partial charge on any atom is -0.306 e. The highest BCUT2D eigenvalue weighted by atomic mass is 35.5. The molecule has 6 nitrogen and oxygen atoms in total. The first kappa shape index (κ1) is 17.7. The molecule has 2 aromatic heterocycles. The van der Waals surface area contributed by atoms with E-state index in [2.05, 4.69) is 19.9 Å². The van der Waals surface area contributed by atoms with Crippen LogP contribution in [-0.2, 0) is 19.5 Å². The summed E-state index contributed by atoms with van der Waals surface area (Å²) in [4.78, 5) is 29.4. The van der Waals surface area contributed by atoms with Gasteiger partial charge in [-0.25, -0.2) is 23.7 Å². The van der Waals surface area contributed by atoms with Crippen molar-refractivity contribution in [1.82, 2.24) is 24.8 Å². The van der Waals surface area contributed by atoms with Gasteiger partial charge in [-0.1, -0.05) is 11.6 Å². The molecule has 1 N–H and O–H groups in total. The van der Waals surface area contributed by atoms with E-state index in [0.29, 0.717) is 35.6 Å². The molecule has 3 heterocycles. The lowest BCUT2D eigenvalue weighted by atomic mass is 10.1. The molecule has 0 aliphatic carbocycles. The molecule has 0 saturated carbocycles. The van der Waals surface area contributed by atoms with Crippen molar-refractivity contribution in [3.63, 3.8) is 0 Å². The van der Waals surface area contributed by atoms with Crippen LogP contribution in [0.4, 0.5) is 8.78 Å². The van der Waals surface area contributed by atoms with Crippen LogP contribution >= 0.6 is 11.6 Å². The third-order valence-corrected chi connectivity index (χ3v) is 4.79. The van der Waals surface area contributed by atoms with E-state index in [1.165, 1.54) is 12.4 Å². The van der Waals surface area contributed by atoms with Crippen molar-refractivity contribution in [2.75, 3.05) is 6.54 Å². The number of hydrogen-bond donors (Lipinski definition) is 1. The van der Waals surface area contributed by atoms with Gasteiger partial charge in [0, 0.05) is 44.0 Å². The molecule has 4 rings (SSSR count). The number of aromatic nitrogens is 4. The van der Waals surface area contributed by atoms with Gasteiger partial charge in [-0.15, -0.1) is 0 Å². The average molecular weight is 390 g/mol. The van der Waals surface area contributed by atoms with Gasteiger partial charge >= 0.3 is 0 Å². The van der Waals surface area contributed by atoms with Gasteiger partial charge in [-0.05, 0) is 12.1 Å². The molecular formula is C18H14ClF2N5O. The number of halogens is 3. The van der Waals surface area contributed by atoms with Gasteiger partial charge in [0.15, 0.2) is 0 Å². The number of H-pyrrole nitrogens is 1. The number of benzene rings is 1. The van der Waals surface area contributed by atoms with Crippen LogP contribution in [0.2, 0.25) is 5.02 Å². The Morgan fingerprint density at radius 3 is 2.78 bits per heavy atom. The van der Waals surface area contributed by atoms with Crippen LogP contribution in [0, 0.1) is 11.6 Å². The summed E-state index contributed by atoms with van der Waals surface area (Å²) in [6, 6.07) is 2.33. The normalized spacial score (nSPS) is 14.2. The lowest BCUT2D eigenvalue weighted by Crippen LogP contribution is -2.35. The van der Waals surface area contributed by atoms with Gasteiger partial charge in [0.1, 0.15) is 23.8 Å². The molecule has 3 aromatic rings. The van der Waals surface area contributed by atoms with Crippen LogP contribution in [0.1, 0.15) is 16.8 Å². The maximum absolute atomic E-state index is 14.1. The quantitative estimate of drug-likeness (QED) is 0.697. The summed E-state index contributed by atoms with van der Waals surface area (Å²) in [5, 5.41) is -0.127. The van der Waals surface area contributed by atoms with E-state index in [1.807, 2.05) is 0 Å². The van der Waals surface area contributed by atoms with Crippen molar-refractivity contribution >= 4 is 11.6 Å². The van der Waals surface area contributed by atoms with E-state index < -0.39 is 11.6 Å². The molecule has 1 aliphatic rings. The van der Waals surface area contributed by atoms with Gasteiger partial charge < -0.3 is 4.98 Å². The summed E-state index contributed by atoms with van der Waals surface area (Å²) in [7, 11) is 0. The number of aromatic amines is 1. The first-order valence-electron chi connectivity index (χ1n) is 8.25.